The van der Waals surface area contributed by atoms with Gasteiger partial charge in [-0.3, -0.25) is 0 Å². The summed E-state index contributed by atoms with van der Waals surface area (Å²) < 4.78 is 0. The van der Waals surface area contributed by atoms with E-state index in [2.05, 4.69) is 99.2 Å². The second-order valence-corrected chi connectivity index (χ2v) is 13.2. The average molecular weight is 389 g/mol. The summed E-state index contributed by atoms with van der Waals surface area (Å²) in [5.41, 5.74) is 11.6. The molecule has 1 aliphatic rings. The van der Waals surface area contributed by atoms with Crippen molar-refractivity contribution < 1.29 is 0 Å². The van der Waals surface area contributed by atoms with Crippen molar-refractivity contribution in [3.8, 4) is 0 Å². The van der Waals surface area contributed by atoms with Crippen LogP contribution in [0.25, 0.3) is 0 Å². The lowest BCUT2D eigenvalue weighted by Crippen LogP contribution is -2.59. The summed E-state index contributed by atoms with van der Waals surface area (Å²) in [5.74, 6) is 0.527. The van der Waals surface area contributed by atoms with Crippen LogP contribution in [0.5, 0.6) is 0 Å². The van der Waals surface area contributed by atoms with Crippen LogP contribution in [0.4, 0.5) is 0 Å². The number of hydrogen-bond donors (Lipinski definition) is 0. The SMILES string of the molecule is CC1=C(C)C(C)C([Si](C)(c2cc(C)cc(C)c2)c2cc(C)c(C)c(C)c2)=C1C. The molecule has 1 heteroatoms. The number of hydrogen-bond acceptors (Lipinski definition) is 0. The average Bonchev–Trinajstić information content (AvgIpc) is 2.81. The van der Waals surface area contributed by atoms with Gasteiger partial charge in [-0.2, -0.15) is 0 Å². The molecule has 2 aromatic rings. The molecule has 2 atom stereocenters. The summed E-state index contributed by atoms with van der Waals surface area (Å²) in [6.07, 6.45) is 0. The van der Waals surface area contributed by atoms with Crippen molar-refractivity contribution in [2.45, 2.75) is 68.9 Å². The van der Waals surface area contributed by atoms with Crippen molar-refractivity contribution in [1.29, 1.82) is 0 Å². The third-order valence-corrected chi connectivity index (χ3v) is 12.3. The first kappa shape index (κ1) is 20.9. The predicted octanol–water partition coefficient (Wildman–Crippen LogP) is 6.26. The van der Waals surface area contributed by atoms with Crippen LogP contribution >= 0.6 is 0 Å². The first-order chi connectivity index (χ1) is 13.0. The van der Waals surface area contributed by atoms with E-state index >= 15 is 0 Å². The lowest BCUT2D eigenvalue weighted by atomic mass is 10.0. The molecule has 0 fully saturated rings. The summed E-state index contributed by atoms with van der Waals surface area (Å²) in [6, 6.07) is 12.2. The van der Waals surface area contributed by atoms with E-state index in [4.69, 9.17) is 0 Å². The molecule has 0 aromatic heterocycles. The molecule has 1 aliphatic carbocycles. The lowest BCUT2D eigenvalue weighted by Gasteiger charge is -2.36. The summed E-state index contributed by atoms with van der Waals surface area (Å²) in [7, 11) is -2.09. The Morgan fingerprint density at radius 2 is 1.11 bits per heavy atom. The number of aryl methyl sites for hydroxylation is 4. The van der Waals surface area contributed by atoms with Crippen molar-refractivity contribution >= 4 is 18.4 Å². The summed E-state index contributed by atoms with van der Waals surface area (Å²) in [6.45, 7) is 23.3. The molecule has 0 nitrogen and oxygen atoms in total. The number of allylic oxidation sites excluding steroid dienone is 4. The summed E-state index contributed by atoms with van der Waals surface area (Å²) >= 11 is 0. The van der Waals surface area contributed by atoms with E-state index in [-0.39, 0.29) is 0 Å². The number of benzene rings is 2. The Morgan fingerprint density at radius 3 is 1.54 bits per heavy atom. The van der Waals surface area contributed by atoms with Gasteiger partial charge in [0.25, 0.3) is 0 Å². The third-order valence-electron chi connectivity index (χ3n) is 7.48. The predicted molar refractivity (Wildman–Crippen MR) is 128 cm³/mol. The number of rotatable bonds is 3. The van der Waals surface area contributed by atoms with Crippen LogP contribution in [0.3, 0.4) is 0 Å². The molecular weight excluding hydrogens is 352 g/mol. The topological polar surface area (TPSA) is 0 Å². The Balaban J connectivity index is 2.39. The van der Waals surface area contributed by atoms with Crippen LogP contribution in [0.1, 0.15) is 55.5 Å². The first-order valence-corrected chi connectivity index (χ1v) is 13.0. The molecule has 0 radical (unpaired) electrons. The molecular formula is C27H36Si. The zero-order valence-electron chi connectivity index (χ0n) is 19.5. The van der Waals surface area contributed by atoms with E-state index in [1.54, 1.807) is 21.1 Å². The van der Waals surface area contributed by atoms with Crippen LogP contribution in [0.2, 0.25) is 6.55 Å². The maximum atomic E-state index is 2.59. The molecule has 148 valence electrons. The minimum atomic E-state index is -2.09. The van der Waals surface area contributed by atoms with E-state index in [1.165, 1.54) is 39.0 Å². The summed E-state index contributed by atoms with van der Waals surface area (Å²) in [5, 5.41) is 4.81. The van der Waals surface area contributed by atoms with Crippen molar-refractivity contribution in [2.24, 2.45) is 5.92 Å². The highest BCUT2D eigenvalue weighted by Gasteiger charge is 2.43. The second-order valence-electron chi connectivity index (χ2n) is 9.30. The van der Waals surface area contributed by atoms with E-state index < -0.39 is 8.07 Å². The minimum absolute atomic E-state index is 0.527. The van der Waals surface area contributed by atoms with Gasteiger partial charge in [0.15, 0.2) is 0 Å². The zero-order chi connectivity index (χ0) is 21.0. The van der Waals surface area contributed by atoms with E-state index in [9.17, 15) is 0 Å². The Morgan fingerprint density at radius 1 is 0.643 bits per heavy atom. The molecule has 0 heterocycles. The molecule has 3 rings (SSSR count). The Hall–Kier alpha value is -1.86. The van der Waals surface area contributed by atoms with Gasteiger partial charge in [-0.1, -0.05) is 71.3 Å². The maximum absolute atomic E-state index is 2.59. The first-order valence-electron chi connectivity index (χ1n) is 10.5. The standard InChI is InChI=1S/C27H36Si/c1-16-11-17(2)13-25(12-16)28(10,26-14-18(3)20(5)19(4)15-26)27-23(8)21(6)22(7)24(27)9/h11-15,23H,1-10H3. The lowest BCUT2D eigenvalue weighted by molar-refractivity contribution is 0.850. The molecule has 0 bridgehead atoms. The summed E-state index contributed by atoms with van der Waals surface area (Å²) in [4.78, 5) is 0. The van der Waals surface area contributed by atoms with Crippen LogP contribution in [0, 0.1) is 40.5 Å². The Kier molecular flexibility index (Phi) is 5.36. The van der Waals surface area contributed by atoms with Gasteiger partial charge in [-0.15, -0.1) is 0 Å². The molecule has 0 aliphatic heterocycles. The molecule has 0 N–H and O–H groups in total. The van der Waals surface area contributed by atoms with Crippen LogP contribution in [-0.4, -0.2) is 8.07 Å². The van der Waals surface area contributed by atoms with Crippen molar-refractivity contribution in [1.82, 2.24) is 0 Å². The van der Waals surface area contributed by atoms with Gasteiger partial charge in [0.1, 0.15) is 8.07 Å². The zero-order valence-corrected chi connectivity index (χ0v) is 20.5. The smallest absolute Gasteiger partial charge is 0.0636 e. The van der Waals surface area contributed by atoms with Crippen LogP contribution in [-0.2, 0) is 0 Å². The molecule has 28 heavy (non-hydrogen) atoms. The highest BCUT2D eigenvalue weighted by molar-refractivity contribution is 7.06. The highest BCUT2D eigenvalue weighted by Crippen LogP contribution is 2.41. The van der Waals surface area contributed by atoms with Gasteiger partial charge < -0.3 is 0 Å². The molecule has 0 saturated carbocycles. The molecule has 0 spiro atoms. The van der Waals surface area contributed by atoms with Gasteiger partial charge >= 0.3 is 0 Å². The van der Waals surface area contributed by atoms with Gasteiger partial charge in [0.05, 0.1) is 0 Å². The molecule has 2 aromatic carbocycles. The van der Waals surface area contributed by atoms with Gasteiger partial charge in [0.2, 0.25) is 0 Å². The monoisotopic (exact) mass is 388 g/mol. The van der Waals surface area contributed by atoms with E-state index in [1.807, 2.05) is 0 Å². The van der Waals surface area contributed by atoms with Crippen LogP contribution < -0.4 is 10.4 Å². The molecule has 0 amide bonds. The van der Waals surface area contributed by atoms with Crippen molar-refractivity contribution in [2.75, 3.05) is 0 Å². The normalized spacial score (nSPS) is 19.4. The fraction of sp³-hybridized carbons (Fsp3) is 0.407. The largest absolute Gasteiger partial charge is 0.142 e. The Labute approximate surface area is 173 Å². The van der Waals surface area contributed by atoms with Crippen molar-refractivity contribution in [3.05, 3.63) is 80.1 Å². The van der Waals surface area contributed by atoms with Gasteiger partial charge in [0, 0.05) is 0 Å². The molecule has 2 unspecified atom stereocenters. The molecule has 0 saturated heterocycles. The fourth-order valence-electron chi connectivity index (χ4n) is 5.24. The van der Waals surface area contributed by atoms with Crippen LogP contribution in [0.15, 0.2) is 52.2 Å². The minimum Gasteiger partial charge on any atom is -0.0636 e. The van der Waals surface area contributed by atoms with Gasteiger partial charge in [-0.05, 0) is 93.9 Å². The van der Waals surface area contributed by atoms with Crippen molar-refractivity contribution in [3.63, 3.8) is 0 Å². The van der Waals surface area contributed by atoms with E-state index in [0.29, 0.717) is 5.92 Å². The maximum Gasteiger partial charge on any atom is 0.142 e. The Bertz CT molecular complexity index is 975. The van der Waals surface area contributed by atoms with Gasteiger partial charge in [-0.25, -0.2) is 0 Å². The van der Waals surface area contributed by atoms with E-state index in [0.717, 1.165) is 0 Å². The quantitative estimate of drug-likeness (QED) is 0.544. The highest BCUT2D eigenvalue weighted by atomic mass is 28.3. The third kappa shape index (κ3) is 3.14. The fourth-order valence-corrected chi connectivity index (χ4v) is 10.3. The second kappa shape index (κ2) is 7.19.